The second-order valence-electron chi connectivity index (χ2n) is 6.87. The number of nitrogens with one attached hydrogen (secondary N) is 1. The molecule has 0 saturated heterocycles. The molecule has 2 rings (SSSR count). The number of carbonyl (C=O) groups excluding carboxylic acids is 1. The molecule has 2 aromatic carbocycles. The van der Waals surface area contributed by atoms with Crippen LogP contribution in [-0.4, -0.2) is 23.2 Å². The molecule has 1 amide bonds. The minimum atomic E-state index is -4.57. The number of rotatable bonds is 8. The van der Waals surface area contributed by atoms with E-state index in [2.05, 4.69) is 5.32 Å². The standard InChI is InChI=1S/C21H20Cl2F3NO3/c1-2-13(20(29)30)9-12-3-8-17(23)18(10-12)27-19(28)16(11-21(24,25)26)14-4-6-15(22)7-5-14/h3-8,10,13,16H,2,9,11H2,1H3,(H,27,28)(H,29,30)/t13-,16+/m1/s1. The highest BCUT2D eigenvalue weighted by atomic mass is 35.5. The Bertz CT molecular complexity index is 901. The maximum atomic E-state index is 13.1. The lowest BCUT2D eigenvalue weighted by atomic mass is 9.94. The molecule has 9 heteroatoms. The van der Waals surface area contributed by atoms with E-state index in [1.54, 1.807) is 13.0 Å². The Hall–Kier alpha value is -2.25. The molecule has 2 aromatic rings. The first-order valence-corrected chi connectivity index (χ1v) is 9.90. The van der Waals surface area contributed by atoms with Crippen molar-refractivity contribution in [3.8, 4) is 0 Å². The summed E-state index contributed by atoms with van der Waals surface area (Å²) in [6, 6.07) is 10.1. The molecule has 2 N–H and O–H groups in total. The maximum absolute atomic E-state index is 13.1. The van der Waals surface area contributed by atoms with Crippen LogP contribution in [0.2, 0.25) is 10.0 Å². The molecule has 0 saturated carbocycles. The van der Waals surface area contributed by atoms with Crippen LogP contribution in [0.3, 0.4) is 0 Å². The smallest absolute Gasteiger partial charge is 0.390 e. The summed E-state index contributed by atoms with van der Waals surface area (Å²) in [6.45, 7) is 1.74. The molecule has 30 heavy (non-hydrogen) atoms. The van der Waals surface area contributed by atoms with E-state index in [1.165, 1.54) is 36.4 Å². The van der Waals surface area contributed by atoms with Crippen molar-refractivity contribution in [3.05, 3.63) is 63.6 Å². The minimum Gasteiger partial charge on any atom is -0.481 e. The molecule has 0 heterocycles. The van der Waals surface area contributed by atoms with Crippen LogP contribution in [0.1, 0.15) is 36.8 Å². The Kier molecular flexibility index (Phi) is 8.15. The van der Waals surface area contributed by atoms with Gasteiger partial charge in [-0.2, -0.15) is 13.2 Å². The summed E-state index contributed by atoms with van der Waals surface area (Å²) < 4.78 is 39.3. The fourth-order valence-electron chi connectivity index (χ4n) is 2.99. The quantitative estimate of drug-likeness (QED) is 0.483. The van der Waals surface area contributed by atoms with Gasteiger partial charge in [-0.05, 0) is 48.2 Å². The van der Waals surface area contributed by atoms with Gasteiger partial charge < -0.3 is 10.4 Å². The second-order valence-corrected chi connectivity index (χ2v) is 7.72. The van der Waals surface area contributed by atoms with Crippen molar-refractivity contribution in [1.82, 2.24) is 0 Å². The Balaban J connectivity index is 2.28. The number of amides is 1. The molecule has 0 aromatic heterocycles. The first-order chi connectivity index (χ1) is 14.0. The number of carboxylic acid groups (broad SMARTS) is 1. The SMILES string of the molecule is CC[C@H](Cc1ccc(Cl)c(NC(=O)[C@@H](CC(F)(F)F)c2ccc(Cl)cc2)c1)C(=O)O. The van der Waals surface area contributed by atoms with Gasteiger partial charge in [-0.25, -0.2) is 0 Å². The van der Waals surface area contributed by atoms with Crippen LogP contribution in [0.15, 0.2) is 42.5 Å². The van der Waals surface area contributed by atoms with Gasteiger partial charge in [-0.1, -0.05) is 48.3 Å². The average Bonchev–Trinajstić information content (AvgIpc) is 2.66. The summed E-state index contributed by atoms with van der Waals surface area (Å²) in [5, 5.41) is 12.1. The largest absolute Gasteiger partial charge is 0.481 e. The lowest BCUT2D eigenvalue weighted by Crippen LogP contribution is -2.26. The molecular formula is C21H20Cl2F3NO3. The Labute approximate surface area is 182 Å². The van der Waals surface area contributed by atoms with E-state index in [-0.39, 0.29) is 22.7 Å². The van der Waals surface area contributed by atoms with Crippen LogP contribution >= 0.6 is 23.2 Å². The highest BCUT2D eigenvalue weighted by molar-refractivity contribution is 6.33. The lowest BCUT2D eigenvalue weighted by molar-refractivity contribution is -0.146. The fraction of sp³-hybridized carbons (Fsp3) is 0.333. The molecule has 0 radical (unpaired) electrons. The summed E-state index contributed by atoms with van der Waals surface area (Å²) in [7, 11) is 0. The van der Waals surface area contributed by atoms with Gasteiger partial charge in [0.2, 0.25) is 5.91 Å². The Morgan fingerprint density at radius 1 is 1.10 bits per heavy atom. The predicted octanol–water partition coefficient (Wildman–Crippen LogP) is 6.32. The van der Waals surface area contributed by atoms with Gasteiger partial charge in [0.1, 0.15) is 0 Å². The highest BCUT2D eigenvalue weighted by Crippen LogP contribution is 2.34. The molecule has 0 aliphatic carbocycles. The van der Waals surface area contributed by atoms with E-state index in [0.29, 0.717) is 17.0 Å². The third-order valence-electron chi connectivity index (χ3n) is 4.64. The average molecular weight is 462 g/mol. The van der Waals surface area contributed by atoms with Crippen LogP contribution < -0.4 is 5.32 Å². The van der Waals surface area contributed by atoms with Crippen molar-refractivity contribution in [2.24, 2.45) is 5.92 Å². The number of hydrogen-bond donors (Lipinski definition) is 2. The van der Waals surface area contributed by atoms with Gasteiger partial charge in [0, 0.05) is 5.02 Å². The summed E-state index contributed by atoms with van der Waals surface area (Å²) in [5.74, 6) is -3.95. The first-order valence-electron chi connectivity index (χ1n) is 9.14. The molecule has 0 spiro atoms. The second kappa shape index (κ2) is 10.2. The van der Waals surface area contributed by atoms with E-state index in [0.717, 1.165) is 0 Å². The monoisotopic (exact) mass is 461 g/mol. The zero-order chi connectivity index (χ0) is 22.5. The van der Waals surface area contributed by atoms with Crippen LogP contribution in [0.5, 0.6) is 0 Å². The summed E-state index contributed by atoms with van der Waals surface area (Å²) in [6.07, 6.45) is -5.31. The van der Waals surface area contributed by atoms with Crippen molar-refractivity contribution < 1.29 is 27.9 Å². The van der Waals surface area contributed by atoms with E-state index in [9.17, 15) is 27.9 Å². The molecule has 162 valence electrons. The van der Waals surface area contributed by atoms with Crippen molar-refractivity contribution >= 4 is 40.8 Å². The lowest BCUT2D eigenvalue weighted by Gasteiger charge is -2.20. The normalized spacial score (nSPS) is 13.5. The topological polar surface area (TPSA) is 66.4 Å². The van der Waals surface area contributed by atoms with E-state index in [1.807, 2.05) is 0 Å². The summed E-state index contributed by atoms with van der Waals surface area (Å²) in [5.41, 5.74) is 0.891. The maximum Gasteiger partial charge on any atom is 0.390 e. The summed E-state index contributed by atoms with van der Waals surface area (Å²) in [4.78, 5) is 24.0. The van der Waals surface area contributed by atoms with Gasteiger partial charge in [0.15, 0.2) is 0 Å². The Morgan fingerprint density at radius 3 is 2.27 bits per heavy atom. The number of hydrogen-bond acceptors (Lipinski definition) is 2. The van der Waals surface area contributed by atoms with Crippen molar-refractivity contribution in [1.29, 1.82) is 0 Å². The Morgan fingerprint density at radius 2 is 1.73 bits per heavy atom. The van der Waals surface area contributed by atoms with E-state index in [4.69, 9.17) is 23.2 Å². The zero-order valence-electron chi connectivity index (χ0n) is 16.0. The van der Waals surface area contributed by atoms with Gasteiger partial charge in [0.25, 0.3) is 0 Å². The number of anilines is 1. The molecular weight excluding hydrogens is 442 g/mol. The van der Waals surface area contributed by atoms with Gasteiger partial charge in [-0.15, -0.1) is 0 Å². The predicted molar refractivity (Wildman–Crippen MR) is 110 cm³/mol. The van der Waals surface area contributed by atoms with Crippen LogP contribution in [0.4, 0.5) is 18.9 Å². The third-order valence-corrected chi connectivity index (χ3v) is 5.22. The minimum absolute atomic E-state index is 0.126. The van der Waals surface area contributed by atoms with Crippen molar-refractivity contribution in [2.75, 3.05) is 5.32 Å². The number of carbonyl (C=O) groups is 2. The number of aliphatic carboxylic acids is 1. The van der Waals surface area contributed by atoms with Crippen LogP contribution in [0, 0.1) is 5.92 Å². The van der Waals surface area contributed by atoms with Crippen molar-refractivity contribution in [3.63, 3.8) is 0 Å². The van der Waals surface area contributed by atoms with Gasteiger partial charge >= 0.3 is 12.1 Å². The van der Waals surface area contributed by atoms with E-state index < -0.39 is 36.3 Å². The molecule has 0 aliphatic heterocycles. The fourth-order valence-corrected chi connectivity index (χ4v) is 3.29. The number of benzene rings is 2. The van der Waals surface area contributed by atoms with Crippen molar-refractivity contribution in [2.45, 2.75) is 38.3 Å². The number of alkyl halides is 3. The zero-order valence-corrected chi connectivity index (χ0v) is 17.5. The third kappa shape index (κ3) is 6.92. The first kappa shape index (κ1) is 24.0. The molecule has 4 nitrogen and oxygen atoms in total. The van der Waals surface area contributed by atoms with Gasteiger partial charge in [0.05, 0.1) is 29.0 Å². The van der Waals surface area contributed by atoms with E-state index >= 15 is 0 Å². The molecule has 0 unspecified atom stereocenters. The summed E-state index contributed by atoms with van der Waals surface area (Å²) >= 11 is 11.9. The molecule has 0 aliphatic rings. The van der Waals surface area contributed by atoms with Gasteiger partial charge in [-0.3, -0.25) is 9.59 Å². The highest BCUT2D eigenvalue weighted by Gasteiger charge is 2.36. The number of halogens is 5. The molecule has 0 fully saturated rings. The molecule has 2 atom stereocenters. The van der Waals surface area contributed by atoms with Crippen LogP contribution in [0.25, 0.3) is 0 Å². The van der Waals surface area contributed by atoms with Crippen LogP contribution in [-0.2, 0) is 16.0 Å². The molecule has 0 bridgehead atoms. The number of carboxylic acids is 1.